The molecule has 0 aliphatic rings. The third-order valence-corrected chi connectivity index (χ3v) is 4.48. The van der Waals surface area contributed by atoms with Crippen molar-refractivity contribution >= 4 is 0 Å². The molecule has 0 aromatic heterocycles. The van der Waals surface area contributed by atoms with E-state index in [1.165, 1.54) is 57.9 Å². The summed E-state index contributed by atoms with van der Waals surface area (Å²) in [6.45, 7) is 13.2. The molecule has 19 heavy (non-hydrogen) atoms. The molecule has 0 saturated heterocycles. The Labute approximate surface area is 121 Å². The summed E-state index contributed by atoms with van der Waals surface area (Å²) < 4.78 is 1.09. The molecule has 2 heteroatoms. The fraction of sp³-hybridized carbons (Fsp3) is 1.00. The molecule has 0 bridgehead atoms. The van der Waals surface area contributed by atoms with Crippen LogP contribution in [0.4, 0.5) is 0 Å². The van der Waals surface area contributed by atoms with Crippen molar-refractivity contribution in [1.29, 1.82) is 0 Å². The van der Waals surface area contributed by atoms with Gasteiger partial charge in [0.05, 0.1) is 19.6 Å². The van der Waals surface area contributed by atoms with Crippen molar-refractivity contribution in [2.45, 2.75) is 85.2 Å². The highest BCUT2D eigenvalue weighted by molar-refractivity contribution is 4.51. The second-order valence-corrected chi connectivity index (χ2v) is 6.20. The Morgan fingerprint density at radius 1 is 0.789 bits per heavy atom. The van der Waals surface area contributed by atoms with E-state index < -0.39 is 0 Å². The van der Waals surface area contributed by atoms with Gasteiger partial charge in [-0.05, 0) is 33.6 Å². The summed E-state index contributed by atoms with van der Waals surface area (Å²) in [5, 5.41) is 9.66. The minimum Gasteiger partial charge on any atom is -0.388 e. The van der Waals surface area contributed by atoms with E-state index in [0.717, 1.165) is 24.1 Å². The molecule has 0 radical (unpaired) electrons. The van der Waals surface area contributed by atoms with Gasteiger partial charge in [0.15, 0.2) is 0 Å². The highest BCUT2D eigenvalue weighted by atomic mass is 16.3. The van der Waals surface area contributed by atoms with Crippen LogP contribution >= 0.6 is 0 Å². The van der Waals surface area contributed by atoms with Crippen LogP contribution in [-0.2, 0) is 0 Å². The van der Waals surface area contributed by atoms with Crippen LogP contribution in [0.5, 0.6) is 0 Å². The Kier molecular flexibility index (Phi) is 11.7. The molecule has 0 rings (SSSR count). The van der Waals surface area contributed by atoms with Crippen LogP contribution in [0.3, 0.4) is 0 Å². The SMILES string of the molecule is CCCCCCCCCC[N+](CC)(CC)CC(C)O. The van der Waals surface area contributed by atoms with Gasteiger partial charge in [0.25, 0.3) is 0 Å². The predicted octanol–water partition coefficient (Wildman–Crippen LogP) is 4.36. The van der Waals surface area contributed by atoms with Crippen molar-refractivity contribution in [2.75, 3.05) is 26.2 Å². The second kappa shape index (κ2) is 11.7. The quantitative estimate of drug-likeness (QED) is 0.390. The number of rotatable bonds is 13. The Bertz CT molecular complexity index is 188. The molecule has 0 fully saturated rings. The number of hydrogen-bond donors (Lipinski definition) is 1. The predicted molar refractivity (Wildman–Crippen MR) is 85.4 cm³/mol. The maximum atomic E-state index is 9.66. The third kappa shape index (κ3) is 9.45. The summed E-state index contributed by atoms with van der Waals surface area (Å²) in [6, 6.07) is 0. The zero-order valence-electron chi connectivity index (χ0n) is 14.0. The molecular weight excluding hydrogens is 234 g/mol. The van der Waals surface area contributed by atoms with Crippen molar-refractivity contribution in [1.82, 2.24) is 0 Å². The van der Waals surface area contributed by atoms with E-state index in [0.29, 0.717) is 0 Å². The van der Waals surface area contributed by atoms with Gasteiger partial charge in [-0.1, -0.05) is 45.4 Å². The van der Waals surface area contributed by atoms with Crippen LogP contribution in [0.2, 0.25) is 0 Å². The molecule has 116 valence electrons. The molecule has 1 atom stereocenters. The maximum absolute atomic E-state index is 9.66. The Hall–Kier alpha value is -0.0800. The lowest BCUT2D eigenvalue weighted by Crippen LogP contribution is -2.52. The van der Waals surface area contributed by atoms with E-state index in [1.807, 2.05) is 6.92 Å². The van der Waals surface area contributed by atoms with Crippen LogP contribution in [0, 0.1) is 0 Å². The van der Waals surface area contributed by atoms with Crippen LogP contribution in [0.15, 0.2) is 0 Å². The van der Waals surface area contributed by atoms with E-state index in [-0.39, 0.29) is 6.10 Å². The summed E-state index contributed by atoms with van der Waals surface area (Å²) in [5.74, 6) is 0. The minimum atomic E-state index is -0.172. The standard InChI is InChI=1S/C17H38NO/c1-5-8-9-10-11-12-13-14-15-18(6-2,7-3)16-17(4)19/h17,19H,5-16H2,1-4H3/q+1. The van der Waals surface area contributed by atoms with Gasteiger partial charge in [0, 0.05) is 0 Å². The molecule has 0 saturated carbocycles. The number of aliphatic hydroxyl groups excluding tert-OH is 1. The lowest BCUT2D eigenvalue weighted by atomic mass is 10.1. The van der Waals surface area contributed by atoms with Crippen LogP contribution in [-0.4, -0.2) is 41.9 Å². The highest BCUT2D eigenvalue weighted by Gasteiger charge is 2.24. The number of nitrogens with zero attached hydrogens (tertiary/aromatic N) is 1. The zero-order valence-corrected chi connectivity index (χ0v) is 14.0. The monoisotopic (exact) mass is 272 g/mol. The first kappa shape index (κ1) is 18.9. The molecule has 1 unspecified atom stereocenters. The fourth-order valence-electron chi connectivity index (χ4n) is 3.03. The van der Waals surface area contributed by atoms with E-state index in [1.54, 1.807) is 0 Å². The van der Waals surface area contributed by atoms with E-state index in [2.05, 4.69) is 20.8 Å². The topological polar surface area (TPSA) is 20.2 Å². The molecular formula is C17H38NO+. The second-order valence-electron chi connectivity index (χ2n) is 6.20. The van der Waals surface area contributed by atoms with Gasteiger partial charge in [0.2, 0.25) is 0 Å². The van der Waals surface area contributed by atoms with Crippen molar-refractivity contribution < 1.29 is 9.59 Å². The molecule has 0 amide bonds. The van der Waals surface area contributed by atoms with Crippen LogP contribution in [0.25, 0.3) is 0 Å². The third-order valence-electron chi connectivity index (χ3n) is 4.48. The van der Waals surface area contributed by atoms with Gasteiger partial charge in [-0.3, -0.25) is 0 Å². The van der Waals surface area contributed by atoms with Gasteiger partial charge in [-0.2, -0.15) is 0 Å². The van der Waals surface area contributed by atoms with Gasteiger partial charge >= 0.3 is 0 Å². The van der Waals surface area contributed by atoms with Gasteiger partial charge < -0.3 is 9.59 Å². The number of aliphatic hydroxyl groups is 1. The Morgan fingerprint density at radius 2 is 1.26 bits per heavy atom. The highest BCUT2D eigenvalue weighted by Crippen LogP contribution is 2.13. The fourth-order valence-corrected chi connectivity index (χ4v) is 3.03. The summed E-state index contributed by atoms with van der Waals surface area (Å²) >= 11 is 0. The van der Waals surface area contributed by atoms with Gasteiger partial charge in [-0.25, -0.2) is 0 Å². The summed E-state index contributed by atoms with van der Waals surface area (Å²) in [4.78, 5) is 0. The lowest BCUT2D eigenvalue weighted by Gasteiger charge is -2.38. The average Bonchev–Trinajstić information content (AvgIpc) is 2.40. The molecule has 0 aromatic carbocycles. The molecule has 0 aliphatic heterocycles. The van der Waals surface area contributed by atoms with Crippen molar-refractivity contribution in [3.8, 4) is 0 Å². The summed E-state index contributed by atoms with van der Waals surface area (Å²) in [6.07, 6.45) is 10.9. The van der Waals surface area contributed by atoms with E-state index in [9.17, 15) is 5.11 Å². The smallest absolute Gasteiger partial charge is 0.105 e. The Balaban J connectivity index is 3.70. The number of quaternary nitrogens is 1. The van der Waals surface area contributed by atoms with E-state index in [4.69, 9.17) is 0 Å². The summed E-state index contributed by atoms with van der Waals surface area (Å²) in [7, 11) is 0. The van der Waals surface area contributed by atoms with Crippen molar-refractivity contribution in [3.63, 3.8) is 0 Å². The number of likely N-dealkylation sites (N-methyl/N-ethyl adjacent to an activating group) is 1. The molecule has 0 heterocycles. The first-order valence-corrected chi connectivity index (χ1v) is 8.63. The van der Waals surface area contributed by atoms with Gasteiger partial charge in [0.1, 0.15) is 12.6 Å². The molecule has 2 nitrogen and oxygen atoms in total. The van der Waals surface area contributed by atoms with E-state index >= 15 is 0 Å². The van der Waals surface area contributed by atoms with Crippen molar-refractivity contribution in [2.24, 2.45) is 0 Å². The number of hydrogen-bond acceptors (Lipinski definition) is 1. The van der Waals surface area contributed by atoms with Gasteiger partial charge in [-0.15, -0.1) is 0 Å². The largest absolute Gasteiger partial charge is 0.388 e. The lowest BCUT2D eigenvalue weighted by molar-refractivity contribution is -0.927. The molecule has 0 aromatic rings. The summed E-state index contributed by atoms with van der Waals surface area (Å²) in [5.41, 5.74) is 0. The normalized spacial score (nSPS) is 13.7. The average molecular weight is 272 g/mol. The number of unbranched alkanes of at least 4 members (excludes halogenated alkanes) is 7. The first-order valence-electron chi connectivity index (χ1n) is 8.63. The molecule has 1 N–H and O–H groups in total. The molecule has 0 spiro atoms. The minimum absolute atomic E-state index is 0.172. The zero-order chi connectivity index (χ0) is 14.6. The van der Waals surface area contributed by atoms with Crippen LogP contribution in [0.1, 0.15) is 79.1 Å². The Morgan fingerprint density at radius 3 is 1.68 bits per heavy atom. The molecule has 0 aliphatic carbocycles. The maximum Gasteiger partial charge on any atom is 0.105 e. The van der Waals surface area contributed by atoms with Crippen LogP contribution < -0.4 is 0 Å². The first-order chi connectivity index (χ1) is 9.10. The van der Waals surface area contributed by atoms with Crippen molar-refractivity contribution in [3.05, 3.63) is 0 Å².